The van der Waals surface area contributed by atoms with Gasteiger partial charge >= 0.3 is 6.09 Å². The van der Waals surface area contributed by atoms with Gasteiger partial charge in [-0.1, -0.05) is 0 Å². The van der Waals surface area contributed by atoms with E-state index in [4.69, 9.17) is 4.74 Å². The standard InChI is InChI=1S/C13H24N2O2.ClH/c1-12(2,3)17-11(16)15-8-4-5-13(10-15)6-7-14-9-13;/h14H,4-10H2,1-3H3;1H/t13-;/m0./s1. The zero-order chi connectivity index (χ0) is 12.5. The van der Waals surface area contributed by atoms with Crippen molar-refractivity contribution in [3.05, 3.63) is 0 Å². The third kappa shape index (κ3) is 3.75. The van der Waals surface area contributed by atoms with Crippen LogP contribution in [0.15, 0.2) is 0 Å². The molecule has 2 fully saturated rings. The number of hydrogen-bond acceptors (Lipinski definition) is 3. The molecule has 0 saturated carbocycles. The van der Waals surface area contributed by atoms with Crippen LogP contribution in [0, 0.1) is 5.41 Å². The molecule has 2 heterocycles. The number of likely N-dealkylation sites (tertiary alicyclic amines) is 1. The van der Waals surface area contributed by atoms with Gasteiger partial charge in [0.2, 0.25) is 0 Å². The third-order valence-electron chi connectivity index (χ3n) is 3.65. The van der Waals surface area contributed by atoms with Gasteiger partial charge in [-0.05, 0) is 46.6 Å². The Morgan fingerprint density at radius 2 is 2.06 bits per heavy atom. The first-order chi connectivity index (χ1) is 7.90. The minimum Gasteiger partial charge on any atom is -0.444 e. The molecule has 18 heavy (non-hydrogen) atoms. The van der Waals surface area contributed by atoms with Crippen LogP contribution in [0.25, 0.3) is 0 Å². The van der Waals surface area contributed by atoms with E-state index in [0.29, 0.717) is 5.41 Å². The summed E-state index contributed by atoms with van der Waals surface area (Å²) in [5, 5.41) is 3.41. The highest BCUT2D eigenvalue weighted by molar-refractivity contribution is 5.85. The fourth-order valence-electron chi connectivity index (χ4n) is 2.83. The highest BCUT2D eigenvalue weighted by Crippen LogP contribution is 2.35. The highest BCUT2D eigenvalue weighted by atomic mass is 35.5. The molecular weight excluding hydrogens is 252 g/mol. The van der Waals surface area contributed by atoms with Crippen molar-refractivity contribution < 1.29 is 9.53 Å². The van der Waals surface area contributed by atoms with E-state index in [2.05, 4.69) is 5.32 Å². The number of ether oxygens (including phenoxy) is 1. The Labute approximate surface area is 116 Å². The summed E-state index contributed by atoms with van der Waals surface area (Å²) < 4.78 is 5.45. The van der Waals surface area contributed by atoms with Crippen molar-refractivity contribution in [1.82, 2.24) is 10.2 Å². The molecule has 2 aliphatic rings. The van der Waals surface area contributed by atoms with Gasteiger partial charge in [-0.25, -0.2) is 4.79 Å². The molecule has 0 radical (unpaired) electrons. The second-order valence-electron chi connectivity index (χ2n) is 6.43. The summed E-state index contributed by atoms with van der Waals surface area (Å²) >= 11 is 0. The largest absolute Gasteiger partial charge is 0.444 e. The van der Waals surface area contributed by atoms with Crippen LogP contribution in [0.3, 0.4) is 0 Å². The Hall–Kier alpha value is -0.480. The van der Waals surface area contributed by atoms with Gasteiger partial charge in [0, 0.05) is 25.0 Å². The molecule has 0 aromatic carbocycles. The van der Waals surface area contributed by atoms with Gasteiger partial charge in [0.05, 0.1) is 0 Å². The van der Waals surface area contributed by atoms with Crippen molar-refractivity contribution in [3.63, 3.8) is 0 Å². The van der Waals surface area contributed by atoms with E-state index in [1.54, 1.807) is 0 Å². The van der Waals surface area contributed by atoms with Gasteiger partial charge in [-0.15, -0.1) is 12.4 Å². The van der Waals surface area contributed by atoms with Crippen LogP contribution in [-0.4, -0.2) is 42.8 Å². The lowest BCUT2D eigenvalue weighted by molar-refractivity contribution is 0.00692. The molecule has 0 aliphatic carbocycles. The van der Waals surface area contributed by atoms with Crippen LogP contribution < -0.4 is 5.32 Å². The average molecular weight is 277 g/mol. The zero-order valence-electron chi connectivity index (χ0n) is 11.6. The maximum absolute atomic E-state index is 12.0. The summed E-state index contributed by atoms with van der Waals surface area (Å²) in [4.78, 5) is 13.9. The molecule has 4 nitrogen and oxygen atoms in total. The number of halogens is 1. The number of hydrogen-bond donors (Lipinski definition) is 1. The van der Waals surface area contributed by atoms with E-state index >= 15 is 0 Å². The molecule has 1 atom stereocenters. The molecule has 2 saturated heterocycles. The van der Waals surface area contributed by atoms with Gasteiger partial charge in [-0.2, -0.15) is 0 Å². The van der Waals surface area contributed by atoms with Gasteiger partial charge in [0.25, 0.3) is 0 Å². The summed E-state index contributed by atoms with van der Waals surface area (Å²) in [6.45, 7) is 9.59. The molecule has 1 spiro atoms. The molecule has 0 aromatic rings. The van der Waals surface area contributed by atoms with Gasteiger partial charge in [0.1, 0.15) is 5.60 Å². The highest BCUT2D eigenvalue weighted by Gasteiger charge is 2.40. The lowest BCUT2D eigenvalue weighted by Crippen LogP contribution is -2.48. The van der Waals surface area contributed by atoms with E-state index in [0.717, 1.165) is 32.6 Å². The number of nitrogens with zero attached hydrogens (tertiary/aromatic N) is 1. The van der Waals surface area contributed by atoms with Crippen LogP contribution in [0.4, 0.5) is 4.79 Å². The van der Waals surface area contributed by atoms with Crippen molar-refractivity contribution in [1.29, 1.82) is 0 Å². The number of carbonyl (C=O) groups is 1. The molecule has 0 unspecified atom stereocenters. The monoisotopic (exact) mass is 276 g/mol. The van der Waals surface area contributed by atoms with Gasteiger partial charge in [-0.3, -0.25) is 0 Å². The number of piperidine rings is 1. The normalized spacial score (nSPS) is 28.1. The fraction of sp³-hybridized carbons (Fsp3) is 0.923. The fourth-order valence-corrected chi connectivity index (χ4v) is 2.83. The minimum atomic E-state index is -0.393. The van der Waals surface area contributed by atoms with Crippen molar-refractivity contribution in [3.8, 4) is 0 Å². The van der Waals surface area contributed by atoms with E-state index in [1.807, 2.05) is 25.7 Å². The second kappa shape index (κ2) is 5.66. The zero-order valence-corrected chi connectivity index (χ0v) is 12.4. The van der Waals surface area contributed by atoms with E-state index in [-0.39, 0.29) is 18.5 Å². The van der Waals surface area contributed by atoms with Gasteiger partial charge in [0.15, 0.2) is 0 Å². The SMILES string of the molecule is CC(C)(C)OC(=O)N1CCC[C@@]2(CCNC2)C1.Cl. The van der Waals surface area contributed by atoms with E-state index in [9.17, 15) is 4.79 Å². The second-order valence-corrected chi connectivity index (χ2v) is 6.43. The molecule has 2 rings (SSSR count). The summed E-state index contributed by atoms with van der Waals surface area (Å²) in [7, 11) is 0. The molecule has 1 amide bonds. The van der Waals surface area contributed by atoms with Crippen LogP contribution in [0.5, 0.6) is 0 Å². The maximum atomic E-state index is 12.0. The Morgan fingerprint density at radius 3 is 2.61 bits per heavy atom. The molecule has 1 N–H and O–H groups in total. The quantitative estimate of drug-likeness (QED) is 0.739. The first-order valence-electron chi connectivity index (χ1n) is 6.59. The van der Waals surface area contributed by atoms with Crippen LogP contribution in [0.1, 0.15) is 40.0 Å². The molecule has 0 aromatic heterocycles. The predicted molar refractivity (Wildman–Crippen MR) is 74.2 cm³/mol. The van der Waals surface area contributed by atoms with Crippen molar-refractivity contribution >= 4 is 18.5 Å². The van der Waals surface area contributed by atoms with Gasteiger partial charge < -0.3 is 15.0 Å². The first kappa shape index (κ1) is 15.6. The summed E-state index contributed by atoms with van der Waals surface area (Å²) in [5.41, 5.74) is -0.0786. The maximum Gasteiger partial charge on any atom is 0.410 e. The Morgan fingerprint density at radius 1 is 1.33 bits per heavy atom. The topological polar surface area (TPSA) is 41.6 Å². The minimum absolute atomic E-state index is 0. The number of nitrogens with one attached hydrogen (secondary N) is 1. The molecular formula is C13H25ClN2O2. The number of carbonyl (C=O) groups excluding carboxylic acids is 1. The molecule has 106 valence electrons. The summed E-state index contributed by atoms with van der Waals surface area (Å²) in [6.07, 6.45) is 3.37. The summed E-state index contributed by atoms with van der Waals surface area (Å²) in [6, 6.07) is 0. The number of rotatable bonds is 0. The van der Waals surface area contributed by atoms with Crippen LogP contribution in [-0.2, 0) is 4.74 Å². The Kier molecular flexibility index (Phi) is 4.90. The smallest absolute Gasteiger partial charge is 0.410 e. The lowest BCUT2D eigenvalue weighted by Gasteiger charge is -2.40. The lowest BCUT2D eigenvalue weighted by atomic mass is 9.79. The molecule has 5 heteroatoms. The van der Waals surface area contributed by atoms with Crippen molar-refractivity contribution in [2.75, 3.05) is 26.2 Å². The number of amides is 1. The van der Waals surface area contributed by atoms with E-state index in [1.165, 1.54) is 12.8 Å². The van der Waals surface area contributed by atoms with Crippen molar-refractivity contribution in [2.45, 2.75) is 45.6 Å². The predicted octanol–water partition coefficient (Wildman–Crippen LogP) is 2.42. The van der Waals surface area contributed by atoms with E-state index < -0.39 is 5.60 Å². The first-order valence-corrected chi connectivity index (χ1v) is 6.59. The molecule has 0 bridgehead atoms. The summed E-state index contributed by atoms with van der Waals surface area (Å²) in [5.74, 6) is 0. The Bertz CT molecular complexity index is 296. The average Bonchev–Trinajstić information content (AvgIpc) is 2.64. The molecule has 2 aliphatic heterocycles. The van der Waals surface area contributed by atoms with Crippen LogP contribution in [0.2, 0.25) is 0 Å². The van der Waals surface area contributed by atoms with Crippen LogP contribution >= 0.6 is 12.4 Å². The Balaban J connectivity index is 0.00000162. The van der Waals surface area contributed by atoms with Crippen molar-refractivity contribution in [2.24, 2.45) is 5.41 Å². The third-order valence-corrected chi connectivity index (χ3v) is 3.65.